The summed E-state index contributed by atoms with van der Waals surface area (Å²) in [6.45, 7) is 12.2. The lowest BCUT2D eigenvalue weighted by atomic mass is 9.82. The highest BCUT2D eigenvalue weighted by Crippen LogP contribution is 2.25. The Balaban J connectivity index is 3.95. The minimum absolute atomic E-state index is 0.284. The van der Waals surface area contributed by atoms with Crippen molar-refractivity contribution in [1.29, 1.82) is 0 Å². The SMILES string of the molecule is CCC(CC)(CN)CN(C)CCOC(C)C. The maximum atomic E-state index is 5.90. The van der Waals surface area contributed by atoms with E-state index in [9.17, 15) is 0 Å². The number of hydrogen-bond acceptors (Lipinski definition) is 3. The van der Waals surface area contributed by atoms with Gasteiger partial charge in [-0.25, -0.2) is 0 Å². The molecule has 0 atom stereocenters. The van der Waals surface area contributed by atoms with Gasteiger partial charge >= 0.3 is 0 Å². The molecule has 0 saturated carbocycles. The maximum absolute atomic E-state index is 5.90. The van der Waals surface area contributed by atoms with Crippen LogP contribution in [0.5, 0.6) is 0 Å². The average molecular weight is 230 g/mol. The van der Waals surface area contributed by atoms with Crippen molar-refractivity contribution in [2.45, 2.75) is 46.6 Å². The fraction of sp³-hybridized carbons (Fsp3) is 1.00. The molecule has 0 heterocycles. The predicted molar refractivity (Wildman–Crippen MR) is 70.7 cm³/mol. The standard InChI is InChI=1S/C13H30N2O/c1-6-13(7-2,10-14)11-15(5)8-9-16-12(3)4/h12H,6-11,14H2,1-5H3. The topological polar surface area (TPSA) is 38.5 Å². The molecule has 0 fully saturated rings. The molecule has 0 rings (SSSR count). The van der Waals surface area contributed by atoms with Gasteiger partial charge in [0.1, 0.15) is 0 Å². The van der Waals surface area contributed by atoms with E-state index in [1.165, 1.54) is 0 Å². The van der Waals surface area contributed by atoms with Gasteiger partial charge in [-0.1, -0.05) is 13.8 Å². The number of ether oxygens (including phenoxy) is 1. The van der Waals surface area contributed by atoms with Crippen LogP contribution in [-0.4, -0.2) is 44.3 Å². The van der Waals surface area contributed by atoms with Crippen LogP contribution in [0.1, 0.15) is 40.5 Å². The van der Waals surface area contributed by atoms with Gasteiger partial charge in [-0.05, 0) is 45.7 Å². The van der Waals surface area contributed by atoms with E-state index in [0.717, 1.165) is 39.1 Å². The molecule has 0 aliphatic carbocycles. The summed E-state index contributed by atoms with van der Waals surface area (Å²) in [6.07, 6.45) is 2.62. The van der Waals surface area contributed by atoms with Crippen LogP contribution in [0.2, 0.25) is 0 Å². The van der Waals surface area contributed by atoms with Gasteiger partial charge in [0, 0.05) is 13.1 Å². The summed E-state index contributed by atoms with van der Waals surface area (Å²) in [5, 5.41) is 0. The van der Waals surface area contributed by atoms with E-state index >= 15 is 0 Å². The predicted octanol–water partition coefficient (Wildman–Crippen LogP) is 2.11. The number of nitrogens with two attached hydrogens (primary N) is 1. The summed E-state index contributed by atoms with van der Waals surface area (Å²) in [5.74, 6) is 0. The molecule has 0 radical (unpaired) electrons. The van der Waals surface area contributed by atoms with Gasteiger partial charge in [-0.15, -0.1) is 0 Å². The molecular formula is C13H30N2O. The van der Waals surface area contributed by atoms with Crippen molar-refractivity contribution < 1.29 is 4.74 Å². The summed E-state index contributed by atoms with van der Waals surface area (Å²) >= 11 is 0. The molecule has 0 unspecified atom stereocenters. The van der Waals surface area contributed by atoms with E-state index in [1.54, 1.807) is 0 Å². The Morgan fingerprint density at radius 3 is 2.19 bits per heavy atom. The highest BCUT2D eigenvalue weighted by molar-refractivity contribution is 4.80. The van der Waals surface area contributed by atoms with Crippen LogP contribution < -0.4 is 5.73 Å². The van der Waals surface area contributed by atoms with E-state index in [0.29, 0.717) is 6.10 Å². The first-order chi connectivity index (χ1) is 7.49. The number of nitrogens with zero attached hydrogens (tertiary/aromatic N) is 1. The van der Waals surface area contributed by atoms with Crippen LogP contribution in [0, 0.1) is 5.41 Å². The minimum atomic E-state index is 0.284. The van der Waals surface area contributed by atoms with Crippen LogP contribution >= 0.6 is 0 Å². The normalized spacial score (nSPS) is 12.8. The van der Waals surface area contributed by atoms with E-state index in [1.807, 2.05) is 0 Å². The monoisotopic (exact) mass is 230 g/mol. The first-order valence-electron chi connectivity index (χ1n) is 6.50. The number of hydrogen-bond donors (Lipinski definition) is 1. The van der Waals surface area contributed by atoms with Crippen LogP contribution in [-0.2, 0) is 4.74 Å². The van der Waals surface area contributed by atoms with Crippen molar-refractivity contribution >= 4 is 0 Å². The fourth-order valence-electron chi connectivity index (χ4n) is 1.92. The van der Waals surface area contributed by atoms with Gasteiger partial charge in [0.15, 0.2) is 0 Å². The maximum Gasteiger partial charge on any atom is 0.0596 e. The summed E-state index contributed by atoms with van der Waals surface area (Å²) in [7, 11) is 2.15. The zero-order valence-electron chi connectivity index (χ0n) is 11.8. The second-order valence-corrected chi connectivity index (χ2v) is 5.07. The van der Waals surface area contributed by atoms with Crippen LogP contribution in [0.3, 0.4) is 0 Å². The summed E-state index contributed by atoms with van der Waals surface area (Å²) in [4.78, 5) is 2.34. The lowest BCUT2D eigenvalue weighted by molar-refractivity contribution is 0.0537. The third-order valence-electron chi connectivity index (χ3n) is 3.46. The van der Waals surface area contributed by atoms with Crippen LogP contribution in [0.25, 0.3) is 0 Å². The first-order valence-corrected chi connectivity index (χ1v) is 6.50. The van der Waals surface area contributed by atoms with E-state index in [2.05, 4.69) is 39.6 Å². The lowest BCUT2D eigenvalue weighted by Gasteiger charge is -2.34. The third-order valence-corrected chi connectivity index (χ3v) is 3.46. The van der Waals surface area contributed by atoms with E-state index < -0.39 is 0 Å². The Hall–Kier alpha value is -0.120. The van der Waals surface area contributed by atoms with Gasteiger partial charge in [0.2, 0.25) is 0 Å². The van der Waals surface area contributed by atoms with Crippen molar-refractivity contribution in [3.8, 4) is 0 Å². The summed E-state index contributed by atoms with van der Waals surface area (Å²) in [6, 6.07) is 0. The molecule has 3 nitrogen and oxygen atoms in total. The summed E-state index contributed by atoms with van der Waals surface area (Å²) < 4.78 is 5.55. The molecule has 0 amide bonds. The molecule has 0 bridgehead atoms. The molecule has 0 aliphatic heterocycles. The van der Waals surface area contributed by atoms with E-state index in [-0.39, 0.29) is 5.41 Å². The number of rotatable bonds is 9. The zero-order chi connectivity index (χ0) is 12.6. The Bertz CT molecular complexity index is 159. The Morgan fingerprint density at radius 1 is 1.25 bits per heavy atom. The third kappa shape index (κ3) is 5.83. The van der Waals surface area contributed by atoms with Crippen molar-refractivity contribution in [3.63, 3.8) is 0 Å². The van der Waals surface area contributed by atoms with Gasteiger partial charge in [0.05, 0.1) is 12.7 Å². The largest absolute Gasteiger partial charge is 0.377 e. The smallest absolute Gasteiger partial charge is 0.0596 e. The van der Waals surface area contributed by atoms with Crippen molar-refractivity contribution in [3.05, 3.63) is 0 Å². The summed E-state index contributed by atoms with van der Waals surface area (Å²) in [5.41, 5.74) is 6.18. The average Bonchev–Trinajstić information content (AvgIpc) is 2.25. The molecule has 0 saturated heterocycles. The molecule has 0 aliphatic rings. The molecule has 0 aromatic carbocycles. The van der Waals surface area contributed by atoms with Crippen molar-refractivity contribution in [2.75, 3.05) is 33.3 Å². The molecular weight excluding hydrogens is 200 g/mol. The molecule has 98 valence electrons. The Labute approximate surface area is 101 Å². The minimum Gasteiger partial charge on any atom is -0.377 e. The Kier molecular flexibility index (Phi) is 7.98. The highest BCUT2D eigenvalue weighted by atomic mass is 16.5. The molecule has 2 N–H and O–H groups in total. The van der Waals surface area contributed by atoms with Gasteiger partial charge < -0.3 is 15.4 Å². The zero-order valence-corrected chi connectivity index (χ0v) is 11.8. The van der Waals surface area contributed by atoms with Crippen molar-refractivity contribution in [1.82, 2.24) is 4.90 Å². The molecule has 3 heteroatoms. The van der Waals surface area contributed by atoms with Gasteiger partial charge in [0.25, 0.3) is 0 Å². The lowest BCUT2D eigenvalue weighted by Crippen LogP contribution is -2.41. The highest BCUT2D eigenvalue weighted by Gasteiger charge is 2.25. The fourth-order valence-corrected chi connectivity index (χ4v) is 1.92. The second-order valence-electron chi connectivity index (χ2n) is 5.07. The van der Waals surface area contributed by atoms with Gasteiger partial charge in [-0.2, -0.15) is 0 Å². The quantitative estimate of drug-likeness (QED) is 0.659. The van der Waals surface area contributed by atoms with Crippen LogP contribution in [0.4, 0.5) is 0 Å². The molecule has 0 aromatic rings. The first kappa shape index (κ1) is 15.9. The second kappa shape index (κ2) is 8.04. The van der Waals surface area contributed by atoms with Gasteiger partial charge in [-0.3, -0.25) is 0 Å². The Morgan fingerprint density at radius 2 is 1.81 bits per heavy atom. The van der Waals surface area contributed by atoms with E-state index in [4.69, 9.17) is 10.5 Å². The van der Waals surface area contributed by atoms with Crippen molar-refractivity contribution in [2.24, 2.45) is 11.1 Å². The molecule has 16 heavy (non-hydrogen) atoms. The molecule has 0 spiro atoms. The van der Waals surface area contributed by atoms with Crippen LogP contribution in [0.15, 0.2) is 0 Å². The number of likely N-dealkylation sites (N-methyl/N-ethyl adjacent to an activating group) is 1. The molecule has 0 aromatic heterocycles.